The van der Waals surface area contributed by atoms with E-state index in [0.717, 1.165) is 29.7 Å². The van der Waals surface area contributed by atoms with E-state index in [4.69, 9.17) is 14.5 Å². The number of hydrogen-bond donors (Lipinski definition) is 1. The normalized spacial score (nSPS) is 15.1. The van der Waals surface area contributed by atoms with Gasteiger partial charge in [-0.1, -0.05) is 12.1 Å². The molecule has 0 atom stereocenters. The van der Waals surface area contributed by atoms with E-state index in [1.165, 1.54) is 0 Å². The Morgan fingerprint density at radius 1 is 1.14 bits per heavy atom. The molecule has 29 heavy (non-hydrogen) atoms. The number of likely N-dealkylation sites (tertiary alicyclic amines) is 1. The second-order valence-electron chi connectivity index (χ2n) is 7.74. The van der Waals surface area contributed by atoms with E-state index in [0.29, 0.717) is 36.1 Å². The maximum atomic E-state index is 13.0. The second kappa shape index (κ2) is 8.15. The topological polar surface area (TPSA) is 67.5 Å². The fraction of sp³-hybridized carbons (Fsp3) is 0.391. The van der Waals surface area contributed by atoms with Crippen LogP contribution in [0.3, 0.4) is 0 Å². The number of nitrogens with one attached hydrogen (secondary N) is 1. The van der Waals surface area contributed by atoms with Gasteiger partial charge in [-0.25, -0.2) is 4.98 Å². The molecule has 1 fully saturated rings. The minimum absolute atomic E-state index is 0.0300. The highest BCUT2D eigenvalue weighted by atomic mass is 16.5. The maximum Gasteiger partial charge on any atom is 0.253 e. The lowest BCUT2D eigenvalue weighted by atomic mass is 9.95. The molecule has 4 rings (SSSR count). The van der Waals surface area contributed by atoms with E-state index in [1.807, 2.05) is 55.1 Å². The van der Waals surface area contributed by atoms with Crippen LogP contribution in [0.5, 0.6) is 11.5 Å². The van der Waals surface area contributed by atoms with Gasteiger partial charge in [0.05, 0.1) is 24.2 Å². The highest BCUT2D eigenvalue weighted by molar-refractivity contribution is 5.95. The molecule has 3 aromatic rings. The van der Waals surface area contributed by atoms with Gasteiger partial charge in [0, 0.05) is 24.6 Å². The lowest BCUT2D eigenvalue weighted by Gasteiger charge is -2.31. The van der Waals surface area contributed by atoms with Gasteiger partial charge < -0.3 is 19.4 Å². The summed E-state index contributed by atoms with van der Waals surface area (Å²) in [4.78, 5) is 23.1. The average molecular weight is 393 g/mol. The highest BCUT2D eigenvalue weighted by Crippen LogP contribution is 2.31. The van der Waals surface area contributed by atoms with Gasteiger partial charge in [0.2, 0.25) is 0 Å². The smallest absolute Gasteiger partial charge is 0.253 e. The summed E-state index contributed by atoms with van der Waals surface area (Å²) in [5.74, 6) is 2.64. The zero-order valence-corrected chi connectivity index (χ0v) is 17.1. The summed E-state index contributed by atoms with van der Waals surface area (Å²) in [5, 5.41) is 0. The Bertz CT molecular complexity index is 971. The fourth-order valence-corrected chi connectivity index (χ4v) is 3.86. The number of imidazole rings is 1. The summed E-state index contributed by atoms with van der Waals surface area (Å²) in [5.41, 5.74) is 2.69. The lowest BCUT2D eigenvalue weighted by Crippen LogP contribution is -2.38. The number of rotatable bonds is 5. The van der Waals surface area contributed by atoms with E-state index in [1.54, 1.807) is 13.2 Å². The molecule has 2 heterocycles. The van der Waals surface area contributed by atoms with Gasteiger partial charge in [0.15, 0.2) is 11.5 Å². The van der Waals surface area contributed by atoms with Crippen molar-refractivity contribution in [2.75, 3.05) is 20.2 Å². The predicted octanol–water partition coefficient (Wildman–Crippen LogP) is 4.38. The third-order valence-corrected chi connectivity index (χ3v) is 5.35. The van der Waals surface area contributed by atoms with Gasteiger partial charge in [-0.2, -0.15) is 0 Å². The van der Waals surface area contributed by atoms with E-state index in [-0.39, 0.29) is 12.0 Å². The van der Waals surface area contributed by atoms with Crippen LogP contribution in [0.15, 0.2) is 42.5 Å². The molecular weight excluding hydrogens is 366 g/mol. The second-order valence-corrected chi connectivity index (χ2v) is 7.74. The number of aromatic amines is 1. The van der Waals surface area contributed by atoms with Crippen molar-refractivity contribution >= 4 is 16.9 Å². The maximum absolute atomic E-state index is 13.0. The molecule has 2 aromatic carbocycles. The molecule has 1 N–H and O–H groups in total. The van der Waals surface area contributed by atoms with E-state index in [9.17, 15) is 4.79 Å². The summed E-state index contributed by atoms with van der Waals surface area (Å²) in [6.45, 7) is 5.36. The van der Waals surface area contributed by atoms with Crippen molar-refractivity contribution in [1.82, 2.24) is 14.9 Å². The number of ether oxygens (including phenoxy) is 2. The first-order chi connectivity index (χ1) is 14.0. The number of carbonyl (C=O) groups excluding carboxylic acids is 1. The summed E-state index contributed by atoms with van der Waals surface area (Å²) in [6.07, 6.45) is 1.84. The number of piperidine rings is 1. The first-order valence-corrected chi connectivity index (χ1v) is 10.1. The third-order valence-electron chi connectivity index (χ3n) is 5.35. The van der Waals surface area contributed by atoms with Crippen molar-refractivity contribution in [3.8, 4) is 11.5 Å². The molecule has 1 amide bonds. The Labute approximate surface area is 170 Å². The van der Waals surface area contributed by atoms with Crippen molar-refractivity contribution < 1.29 is 14.3 Å². The predicted molar refractivity (Wildman–Crippen MR) is 113 cm³/mol. The molecule has 0 saturated carbocycles. The number of carbonyl (C=O) groups is 1. The number of benzene rings is 2. The molecule has 6 nitrogen and oxygen atoms in total. The molecule has 0 bridgehead atoms. The molecule has 152 valence electrons. The number of methoxy groups -OCH3 is 1. The molecule has 0 radical (unpaired) electrons. The fourth-order valence-electron chi connectivity index (χ4n) is 3.86. The quantitative estimate of drug-likeness (QED) is 0.699. The minimum Gasteiger partial charge on any atom is -0.493 e. The number of fused-ring (bicyclic) bond motifs is 1. The third kappa shape index (κ3) is 4.06. The van der Waals surface area contributed by atoms with E-state index >= 15 is 0 Å². The Morgan fingerprint density at radius 2 is 1.90 bits per heavy atom. The van der Waals surface area contributed by atoms with Gasteiger partial charge in [-0.05, 0) is 57.0 Å². The van der Waals surface area contributed by atoms with Gasteiger partial charge >= 0.3 is 0 Å². The van der Waals surface area contributed by atoms with Crippen LogP contribution in [0.4, 0.5) is 0 Å². The number of H-pyrrole nitrogens is 1. The zero-order valence-electron chi connectivity index (χ0n) is 17.1. The largest absolute Gasteiger partial charge is 0.493 e. The Balaban J connectivity index is 1.43. The van der Waals surface area contributed by atoms with Crippen LogP contribution in [0, 0.1) is 0 Å². The number of aromatic nitrogens is 2. The summed E-state index contributed by atoms with van der Waals surface area (Å²) < 4.78 is 11.2. The van der Waals surface area contributed by atoms with Crippen LogP contribution in [0.25, 0.3) is 11.0 Å². The van der Waals surface area contributed by atoms with E-state index in [2.05, 4.69) is 4.98 Å². The summed E-state index contributed by atoms with van der Waals surface area (Å²) >= 11 is 0. The SMILES string of the molecule is COc1cc(C(=O)N2CCC(c3nc4ccccc4[nH]3)CC2)ccc1OC(C)C. The molecule has 0 aliphatic carbocycles. The monoisotopic (exact) mass is 393 g/mol. The van der Waals surface area contributed by atoms with Crippen LogP contribution >= 0.6 is 0 Å². The molecule has 1 aromatic heterocycles. The van der Waals surface area contributed by atoms with Gasteiger partial charge in [0.25, 0.3) is 5.91 Å². The van der Waals surface area contributed by atoms with Crippen LogP contribution in [0.1, 0.15) is 48.8 Å². The summed E-state index contributed by atoms with van der Waals surface area (Å²) in [6, 6.07) is 13.5. The first-order valence-electron chi connectivity index (χ1n) is 10.1. The van der Waals surface area contributed by atoms with Crippen LogP contribution < -0.4 is 9.47 Å². The highest BCUT2D eigenvalue weighted by Gasteiger charge is 2.27. The number of para-hydroxylation sites is 2. The van der Waals surface area contributed by atoms with Crippen LogP contribution in [-0.2, 0) is 0 Å². The van der Waals surface area contributed by atoms with Crippen LogP contribution in [-0.4, -0.2) is 47.1 Å². The van der Waals surface area contributed by atoms with Crippen LogP contribution in [0.2, 0.25) is 0 Å². The lowest BCUT2D eigenvalue weighted by molar-refractivity contribution is 0.0711. The minimum atomic E-state index is 0.0300. The van der Waals surface area contributed by atoms with Crippen molar-refractivity contribution in [2.24, 2.45) is 0 Å². The Hall–Kier alpha value is -3.02. The standard InChI is InChI=1S/C23H27N3O3/c1-15(2)29-20-9-8-17(14-21(20)28-3)23(27)26-12-10-16(11-13-26)22-24-18-6-4-5-7-19(18)25-22/h4-9,14-16H,10-13H2,1-3H3,(H,24,25). The van der Waals surface area contributed by atoms with Crippen molar-refractivity contribution in [2.45, 2.75) is 38.7 Å². The molecule has 1 aliphatic rings. The molecular formula is C23H27N3O3. The number of nitrogens with zero attached hydrogens (tertiary/aromatic N) is 2. The Morgan fingerprint density at radius 3 is 2.59 bits per heavy atom. The molecule has 0 spiro atoms. The van der Waals surface area contributed by atoms with Crippen molar-refractivity contribution in [3.05, 3.63) is 53.9 Å². The molecule has 1 saturated heterocycles. The number of amides is 1. The van der Waals surface area contributed by atoms with Gasteiger partial charge in [0.1, 0.15) is 5.82 Å². The average Bonchev–Trinajstić information content (AvgIpc) is 3.17. The molecule has 0 unspecified atom stereocenters. The molecule has 6 heteroatoms. The Kier molecular flexibility index (Phi) is 5.43. The molecule has 1 aliphatic heterocycles. The first kappa shape index (κ1) is 19.3. The van der Waals surface area contributed by atoms with Gasteiger partial charge in [-0.3, -0.25) is 4.79 Å². The summed E-state index contributed by atoms with van der Waals surface area (Å²) in [7, 11) is 1.59. The zero-order chi connectivity index (χ0) is 20.4. The van der Waals surface area contributed by atoms with E-state index < -0.39 is 0 Å². The number of hydrogen-bond acceptors (Lipinski definition) is 4. The van der Waals surface area contributed by atoms with Crippen molar-refractivity contribution in [3.63, 3.8) is 0 Å². The van der Waals surface area contributed by atoms with Gasteiger partial charge in [-0.15, -0.1) is 0 Å². The van der Waals surface area contributed by atoms with Crippen molar-refractivity contribution in [1.29, 1.82) is 0 Å².